The van der Waals surface area contributed by atoms with Crippen molar-refractivity contribution in [3.63, 3.8) is 0 Å². The SMILES string of the molecule is C=CC(=O)OCCCCCCCCCCCCCC[Si](C)(OCC)OCC. The van der Waals surface area contributed by atoms with E-state index in [1.165, 1.54) is 70.3 Å². The van der Waals surface area contributed by atoms with Crippen LogP contribution in [0.5, 0.6) is 0 Å². The average molecular weight is 401 g/mol. The molecule has 4 nitrogen and oxygen atoms in total. The molecule has 0 aliphatic rings. The maximum absolute atomic E-state index is 10.9. The number of carbonyl (C=O) groups excluding carboxylic acids is 1. The minimum absolute atomic E-state index is 0.310. The summed E-state index contributed by atoms with van der Waals surface area (Å²) < 4.78 is 16.7. The zero-order chi connectivity index (χ0) is 20.2. The summed E-state index contributed by atoms with van der Waals surface area (Å²) in [5, 5.41) is 0. The Hall–Kier alpha value is -0.653. The molecule has 0 heterocycles. The minimum atomic E-state index is -1.89. The summed E-state index contributed by atoms with van der Waals surface area (Å²) in [5.41, 5.74) is 0. The molecule has 0 aromatic rings. The minimum Gasteiger partial charge on any atom is -0.463 e. The lowest BCUT2D eigenvalue weighted by Gasteiger charge is -2.25. The molecule has 0 aliphatic heterocycles. The van der Waals surface area contributed by atoms with Gasteiger partial charge in [0.05, 0.1) is 6.61 Å². The molecular formula is C22H44O4Si. The van der Waals surface area contributed by atoms with Crippen LogP contribution in [0.1, 0.15) is 90.9 Å². The summed E-state index contributed by atoms with van der Waals surface area (Å²) >= 11 is 0. The van der Waals surface area contributed by atoms with Crippen LogP contribution in [0, 0.1) is 0 Å². The van der Waals surface area contributed by atoms with Crippen molar-refractivity contribution in [3.8, 4) is 0 Å². The fraction of sp³-hybridized carbons (Fsp3) is 0.864. The van der Waals surface area contributed by atoms with Crippen LogP contribution < -0.4 is 0 Å². The van der Waals surface area contributed by atoms with E-state index >= 15 is 0 Å². The molecule has 0 radical (unpaired) electrons. The Kier molecular flexibility index (Phi) is 18.2. The standard InChI is InChI=1S/C22H44O4Si/c1-5-22(23)24-20-18-16-14-12-10-8-9-11-13-15-17-19-21-27(4,25-6-2)26-7-3/h5H,1,6-21H2,2-4H3. The highest BCUT2D eigenvalue weighted by Crippen LogP contribution is 2.19. The van der Waals surface area contributed by atoms with Gasteiger partial charge in [-0.15, -0.1) is 0 Å². The molecule has 0 bridgehead atoms. The maximum Gasteiger partial charge on any atom is 0.334 e. The van der Waals surface area contributed by atoms with Crippen LogP contribution in [-0.4, -0.2) is 34.4 Å². The molecule has 0 atom stereocenters. The zero-order valence-electron chi connectivity index (χ0n) is 18.2. The summed E-state index contributed by atoms with van der Waals surface area (Å²) in [7, 11) is -1.89. The third kappa shape index (κ3) is 17.2. The van der Waals surface area contributed by atoms with Gasteiger partial charge in [0.25, 0.3) is 0 Å². The van der Waals surface area contributed by atoms with Crippen molar-refractivity contribution >= 4 is 14.5 Å². The van der Waals surface area contributed by atoms with Gasteiger partial charge in [-0.2, -0.15) is 0 Å². The molecule has 0 unspecified atom stereocenters. The van der Waals surface area contributed by atoms with Gasteiger partial charge in [-0.1, -0.05) is 77.2 Å². The highest BCUT2D eigenvalue weighted by atomic mass is 28.4. The first-order valence-corrected chi connectivity index (χ1v) is 13.7. The normalized spacial score (nSPS) is 11.5. The van der Waals surface area contributed by atoms with Gasteiger partial charge in [-0.05, 0) is 32.9 Å². The Morgan fingerprint density at radius 2 is 1.19 bits per heavy atom. The van der Waals surface area contributed by atoms with E-state index < -0.39 is 8.56 Å². The molecule has 0 aromatic carbocycles. The van der Waals surface area contributed by atoms with Crippen molar-refractivity contribution in [1.29, 1.82) is 0 Å². The van der Waals surface area contributed by atoms with Crippen molar-refractivity contribution in [2.24, 2.45) is 0 Å². The molecule has 0 aromatic heterocycles. The second kappa shape index (κ2) is 18.7. The van der Waals surface area contributed by atoms with Crippen LogP contribution >= 0.6 is 0 Å². The molecule has 160 valence electrons. The number of ether oxygens (including phenoxy) is 1. The second-order valence-electron chi connectivity index (χ2n) is 7.36. The van der Waals surface area contributed by atoms with E-state index in [4.69, 9.17) is 13.6 Å². The Bertz CT molecular complexity index is 354. The van der Waals surface area contributed by atoms with Gasteiger partial charge in [0.15, 0.2) is 0 Å². The van der Waals surface area contributed by atoms with Crippen molar-refractivity contribution < 1.29 is 18.4 Å². The third-order valence-corrected chi connectivity index (χ3v) is 7.90. The molecule has 27 heavy (non-hydrogen) atoms. The molecule has 0 saturated heterocycles. The molecule has 0 fully saturated rings. The second-order valence-corrected chi connectivity index (χ2v) is 10.7. The topological polar surface area (TPSA) is 44.8 Å². The fourth-order valence-corrected chi connectivity index (χ4v) is 5.83. The zero-order valence-corrected chi connectivity index (χ0v) is 19.2. The Morgan fingerprint density at radius 3 is 1.59 bits per heavy atom. The molecule has 0 rings (SSSR count). The summed E-state index contributed by atoms with van der Waals surface area (Å²) in [6.07, 6.45) is 16.5. The summed E-state index contributed by atoms with van der Waals surface area (Å²) in [6.45, 7) is 11.8. The monoisotopic (exact) mass is 400 g/mol. The lowest BCUT2D eigenvalue weighted by Crippen LogP contribution is -2.38. The van der Waals surface area contributed by atoms with Crippen LogP contribution in [-0.2, 0) is 18.4 Å². The summed E-state index contributed by atoms with van der Waals surface area (Å²) in [5.74, 6) is -0.310. The van der Waals surface area contributed by atoms with Gasteiger partial charge in [-0.25, -0.2) is 4.79 Å². The summed E-state index contributed by atoms with van der Waals surface area (Å²) in [4.78, 5) is 10.9. The highest BCUT2D eigenvalue weighted by molar-refractivity contribution is 6.66. The molecule has 0 spiro atoms. The van der Waals surface area contributed by atoms with Gasteiger partial charge >= 0.3 is 14.5 Å². The Balaban J connectivity index is 3.31. The molecule has 0 saturated carbocycles. The lowest BCUT2D eigenvalue weighted by atomic mass is 10.1. The summed E-state index contributed by atoms with van der Waals surface area (Å²) in [6, 6.07) is 1.13. The fourth-order valence-electron chi connectivity index (χ4n) is 3.34. The number of unbranched alkanes of at least 4 members (excludes halogenated alkanes) is 11. The van der Waals surface area contributed by atoms with Gasteiger partial charge in [-0.3, -0.25) is 0 Å². The lowest BCUT2D eigenvalue weighted by molar-refractivity contribution is -0.137. The van der Waals surface area contributed by atoms with E-state index in [9.17, 15) is 4.79 Å². The molecular weight excluding hydrogens is 356 g/mol. The quantitative estimate of drug-likeness (QED) is 0.101. The van der Waals surface area contributed by atoms with Crippen LogP contribution in [0.4, 0.5) is 0 Å². The predicted molar refractivity (Wildman–Crippen MR) is 116 cm³/mol. The van der Waals surface area contributed by atoms with E-state index in [2.05, 4.69) is 27.0 Å². The van der Waals surface area contributed by atoms with Crippen LogP contribution in [0.2, 0.25) is 12.6 Å². The first-order valence-electron chi connectivity index (χ1n) is 11.1. The predicted octanol–water partition coefficient (Wildman–Crippen LogP) is 6.54. The number of rotatable bonds is 20. The molecule has 0 aliphatic carbocycles. The van der Waals surface area contributed by atoms with E-state index in [1.807, 2.05) is 0 Å². The van der Waals surface area contributed by atoms with Crippen LogP contribution in [0.3, 0.4) is 0 Å². The van der Waals surface area contributed by atoms with Crippen LogP contribution in [0.25, 0.3) is 0 Å². The molecule has 0 N–H and O–H groups in total. The number of hydrogen-bond donors (Lipinski definition) is 0. The Morgan fingerprint density at radius 1 is 0.778 bits per heavy atom. The van der Waals surface area contributed by atoms with E-state index in [0.29, 0.717) is 6.61 Å². The average Bonchev–Trinajstić information content (AvgIpc) is 2.65. The smallest absolute Gasteiger partial charge is 0.334 e. The van der Waals surface area contributed by atoms with Gasteiger partial charge in [0.1, 0.15) is 0 Å². The van der Waals surface area contributed by atoms with Crippen molar-refractivity contribution in [1.82, 2.24) is 0 Å². The largest absolute Gasteiger partial charge is 0.463 e. The van der Waals surface area contributed by atoms with Crippen molar-refractivity contribution in [2.75, 3.05) is 19.8 Å². The number of carbonyl (C=O) groups is 1. The number of esters is 1. The molecule has 0 amide bonds. The Labute approximate surface area is 169 Å². The molecule has 5 heteroatoms. The van der Waals surface area contributed by atoms with Gasteiger partial charge in [0.2, 0.25) is 0 Å². The third-order valence-electron chi connectivity index (χ3n) is 4.84. The van der Waals surface area contributed by atoms with Crippen molar-refractivity contribution in [3.05, 3.63) is 12.7 Å². The first-order chi connectivity index (χ1) is 13.1. The number of hydrogen-bond acceptors (Lipinski definition) is 4. The highest BCUT2D eigenvalue weighted by Gasteiger charge is 2.29. The van der Waals surface area contributed by atoms with E-state index in [0.717, 1.165) is 32.1 Å². The van der Waals surface area contributed by atoms with E-state index in [-0.39, 0.29) is 5.97 Å². The van der Waals surface area contributed by atoms with E-state index in [1.54, 1.807) is 0 Å². The van der Waals surface area contributed by atoms with Crippen LogP contribution in [0.15, 0.2) is 12.7 Å². The van der Waals surface area contributed by atoms with Gasteiger partial charge in [0, 0.05) is 19.3 Å². The maximum atomic E-state index is 10.9. The first kappa shape index (κ1) is 26.3. The van der Waals surface area contributed by atoms with Crippen molar-refractivity contribution in [2.45, 2.75) is 103 Å². The van der Waals surface area contributed by atoms with Gasteiger partial charge < -0.3 is 13.6 Å².